The van der Waals surface area contributed by atoms with E-state index in [1.54, 1.807) is 13.1 Å². The lowest BCUT2D eigenvalue weighted by molar-refractivity contribution is 0.0595. The van der Waals surface area contributed by atoms with Gasteiger partial charge in [-0.3, -0.25) is 0 Å². The third-order valence-electron chi connectivity index (χ3n) is 1.68. The van der Waals surface area contributed by atoms with Crippen molar-refractivity contribution in [2.45, 2.75) is 6.92 Å². The number of hydrogen-bond donors (Lipinski definition) is 1. The van der Waals surface area contributed by atoms with Gasteiger partial charge in [0, 0.05) is 12.7 Å². The third-order valence-corrected chi connectivity index (χ3v) is 1.68. The van der Waals surface area contributed by atoms with Crippen molar-refractivity contribution in [1.82, 2.24) is 4.98 Å². The zero-order valence-corrected chi connectivity index (χ0v) is 7.92. The Morgan fingerprint density at radius 3 is 2.77 bits per heavy atom. The minimum Gasteiger partial charge on any atom is -0.464 e. The molecule has 0 saturated carbocycles. The van der Waals surface area contributed by atoms with E-state index in [4.69, 9.17) is 0 Å². The van der Waals surface area contributed by atoms with E-state index in [9.17, 15) is 4.79 Å². The molecule has 0 atom stereocenters. The van der Waals surface area contributed by atoms with Crippen LogP contribution in [0.1, 0.15) is 16.2 Å². The first-order valence-electron chi connectivity index (χ1n) is 3.92. The summed E-state index contributed by atoms with van der Waals surface area (Å²) in [5.41, 5.74) is 1.79. The molecule has 0 aliphatic rings. The number of aromatic nitrogens is 1. The number of nitrogens with zero attached hydrogens (tertiary/aromatic N) is 1. The number of esters is 1. The maximum Gasteiger partial charge on any atom is 0.358 e. The van der Waals surface area contributed by atoms with Crippen LogP contribution in [0.4, 0.5) is 5.69 Å². The van der Waals surface area contributed by atoms with E-state index in [-0.39, 0.29) is 0 Å². The second kappa shape index (κ2) is 3.89. The molecule has 70 valence electrons. The summed E-state index contributed by atoms with van der Waals surface area (Å²) in [5.74, 6) is -0.423. The second-order valence-corrected chi connectivity index (χ2v) is 2.59. The van der Waals surface area contributed by atoms with Crippen molar-refractivity contribution >= 4 is 11.7 Å². The van der Waals surface area contributed by atoms with Crippen molar-refractivity contribution in [2.24, 2.45) is 0 Å². The molecule has 1 aromatic rings. The van der Waals surface area contributed by atoms with Crippen LogP contribution in [0, 0.1) is 6.92 Å². The quantitative estimate of drug-likeness (QED) is 0.695. The van der Waals surface area contributed by atoms with Crippen LogP contribution >= 0.6 is 0 Å². The van der Waals surface area contributed by atoms with Crippen LogP contribution in [0.5, 0.6) is 0 Å². The fraction of sp³-hybridized carbons (Fsp3) is 0.333. The number of ether oxygens (including phenoxy) is 1. The number of methoxy groups -OCH3 is 1. The summed E-state index contributed by atoms with van der Waals surface area (Å²) in [5, 5.41) is 2.87. The molecule has 1 N–H and O–H groups in total. The molecule has 0 unspecified atom stereocenters. The van der Waals surface area contributed by atoms with Gasteiger partial charge in [0.25, 0.3) is 0 Å². The molecule has 4 nitrogen and oxygen atoms in total. The predicted octanol–water partition coefficient (Wildman–Crippen LogP) is 1.22. The van der Waals surface area contributed by atoms with Gasteiger partial charge in [0.2, 0.25) is 0 Å². The van der Waals surface area contributed by atoms with Gasteiger partial charge in [0.05, 0.1) is 12.8 Å². The van der Waals surface area contributed by atoms with Crippen LogP contribution in [0.3, 0.4) is 0 Å². The first kappa shape index (κ1) is 9.51. The number of carbonyl (C=O) groups is 1. The van der Waals surface area contributed by atoms with Gasteiger partial charge in [-0.25, -0.2) is 9.78 Å². The number of carbonyl (C=O) groups excluding carboxylic acids is 1. The Morgan fingerprint density at radius 1 is 1.54 bits per heavy atom. The molecule has 0 saturated heterocycles. The van der Waals surface area contributed by atoms with E-state index in [1.807, 2.05) is 13.0 Å². The molecule has 0 aliphatic heterocycles. The molecule has 0 fully saturated rings. The maximum atomic E-state index is 11.2. The molecule has 1 heterocycles. The van der Waals surface area contributed by atoms with Crippen molar-refractivity contribution in [1.29, 1.82) is 0 Å². The molecule has 0 radical (unpaired) electrons. The minimum atomic E-state index is -0.423. The van der Waals surface area contributed by atoms with Crippen LogP contribution < -0.4 is 5.32 Å². The number of rotatable bonds is 2. The van der Waals surface area contributed by atoms with Gasteiger partial charge in [-0.1, -0.05) is 0 Å². The molecule has 0 aromatic carbocycles. The third kappa shape index (κ3) is 1.96. The zero-order valence-electron chi connectivity index (χ0n) is 7.92. The van der Waals surface area contributed by atoms with Crippen molar-refractivity contribution in [3.8, 4) is 0 Å². The average molecular weight is 180 g/mol. The van der Waals surface area contributed by atoms with Gasteiger partial charge in [-0.2, -0.15) is 0 Å². The van der Waals surface area contributed by atoms with Crippen molar-refractivity contribution < 1.29 is 9.53 Å². The van der Waals surface area contributed by atoms with Crippen LogP contribution in [0.2, 0.25) is 0 Å². The molecule has 13 heavy (non-hydrogen) atoms. The predicted molar refractivity (Wildman–Crippen MR) is 49.9 cm³/mol. The largest absolute Gasteiger partial charge is 0.464 e. The van der Waals surface area contributed by atoms with E-state index in [0.29, 0.717) is 11.4 Å². The molecule has 0 aliphatic carbocycles. The summed E-state index contributed by atoms with van der Waals surface area (Å²) in [6.45, 7) is 1.83. The topological polar surface area (TPSA) is 51.2 Å². The summed E-state index contributed by atoms with van der Waals surface area (Å²) in [7, 11) is 3.07. The SMILES string of the molecule is CNc1ccc(C)nc1C(=O)OC. The number of nitrogens with one attached hydrogen (secondary N) is 1. The molecule has 0 spiro atoms. The maximum absolute atomic E-state index is 11.2. The molecular formula is C9H12N2O2. The van der Waals surface area contributed by atoms with Gasteiger partial charge in [-0.15, -0.1) is 0 Å². The molecule has 1 aromatic heterocycles. The van der Waals surface area contributed by atoms with E-state index in [1.165, 1.54) is 7.11 Å². The van der Waals surface area contributed by atoms with Crippen molar-refractivity contribution in [3.05, 3.63) is 23.5 Å². The van der Waals surface area contributed by atoms with Gasteiger partial charge >= 0.3 is 5.97 Å². The Kier molecular flexibility index (Phi) is 2.84. The first-order valence-corrected chi connectivity index (χ1v) is 3.92. The highest BCUT2D eigenvalue weighted by molar-refractivity contribution is 5.93. The van der Waals surface area contributed by atoms with Gasteiger partial charge < -0.3 is 10.1 Å². The van der Waals surface area contributed by atoms with Crippen LogP contribution in [0.25, 0.3) is 0 Å². The Labute approximate surface area is 76.9 Å². The van der Waals surface area contributed by atoms with Gasteiger partial charge in [0.1, 0.15) is 0 Å². The lowest BCUT2D eigenvalue weighted by Gasteiger charge is -2.06. The van der Waals surface area contributed by atoms with Crippen LogP contribution in [-0.2, 0) is 4.74 Å². The second-order valence-electron chi connectivity index (χ2n) is 2.59. The Hall–Kier alpha value is -1.58. The lowest BCUT2D eigenvalue weighted by atomic mass is 10.2. The number of hydrogen-bond acceptors (Lipinski definition) is 4. The molecule has 0 amide bonds. The highest BCUT2D eigenvalue weighted by Crippen LogP contribution is 2.13. The van der Waals surface area contributed by atoms with E-state index < -0.39 is 5.97 Å². The van der Waals surface area contributed by atoms with Crippen molar-refractivity contribution in [3.63, 3.8) is 0 Å². The van der Waals surface area contributed by atoms with Gasteiger partial charge in [0.15, 0.2) is 5.69 Å². The standard InChI is InChI=1S/C9H12N2O2/c1-6-4-5-7(10-2)8(11-6)9(12)13-3/h4-5,10H,1-3H3. The highest BCUT2D eigenvalue weighted by atomic mass is 16.5. The van der Waals surface area contributed by atoms with E-state index in [2.05, 4.69) is 15.0 Å². The van der Waals surface area contributed by atoms with Gasteiger partial charge in [-0.05, 0) is 19.1 Å². The Bertz CT molecular complexity index is 323. The van der Waals surface area contributed by atoms with Crippen LogP contribution in [-0.4, -0.2) is 25.1 Å². The minimum absolute atomic E-state index is 0.324. The van der Waals surface area contributed by atoms with Crippen LogP contribution in [0.15, 0.2) is 12.1 Å². The molecule has 4 heteroatoms. The number of anilines is 1. The average Bonchev–Trinajstić information content (AvgIpc) is 2.16. The van der Waals surface area contributed by atoms with E-state index in [0.717, 1.165) is 5.69 Å². The lowest BCUT2D eigenvalue weighted by Crippen LogP contribution is -2.09. The Balaban J connectivity index is 3.15. The van der Waals surface area contributed by atoms with E-state index >= 15 is 0 Å². The first-order chi connectivity index (χ1) is 6.19. The summed E-state index contributed by atoms with van der Waals surface area (Å²) in [6, 6.07) is 3.63. The fourth-order valence-corrected chi connectivity index (χ4v) is 1.01. The fourth-order valence-electron chi connectivity index (χ4n) is 1.01. The number of pyridine rings is 1. The summed E-state index contributed by atoms with van der Waals surface area (Å²) < 4.78 is 4.59. The summed E-state index contributed by atoms with van der Waals surface area (Å²) >= 11 is 0. The van der Waals surface area contributed by atoms with Crippen molar-refractivity contribution in [2.75, 3.05) is 19.5 Å². The molecule has 0 bridgehead atoms. The number of aryl methyl sites for hydroxylation is 1. The highest BCUT2D eigenvalue weighted by Gasteiger charge is 2.12. The summed E-state index contributed by atoms with van der Waals surface area (Å²) in [6.07, 6.45) is 0. The smallest absolute Gasteiger partial charge is 0.358 e. The molecular weight excluding hydrogens is 168 g/mol. The zero-order chi connectivity index (χ0) is 9.84. The Morgan fingerprint density at radius 2 is 2.23 bits per heavy atom. The normalized spacial score (nSPS) is 9.46. The molecule has 1 rings (SSSR count). The monoisotopic (exact) mass is 180 g/mol. The summed E-state index contributed by atoms with van der Waals surface area (Å²) in [4.78, 5) is 15.3.